The summed E-state index contributed by atoms with van der Waals surface area (Å²) >= 11 is 14.4. The number of aromatic nitrogens is 2. The second-order valence-corrected chi connectivity index (χ2v) is 10.8. The molecule has 1 aliphatic heterocycles. The maximum Gasteiger partial charge on any atom is 0.272 e. The van der Waals surface area contributed by atoms with Gasteiger partial charge in [0, 0.05) is 27.1 Å². The first-order valence-electron chi connectivity index (χ1n) is 11.7. The highest BCUT2D eigenvalue weighted by Crippen LogP contribution is 2.35. The molecule has 1 saturated carbocycles. The topological polar surface area (TPSA) is 56.2 Å². The summed E-state index contributed by atoms with van der Waals surface area (Å²) in [5.41, 5.74) is 3.68. The normalized spacial score (nSPS) is 18.6. The van der Waals surface area contributed by atoms with Gasteiger partial charge in [-0.3, -0.25) is 4.79 Å². The SMILES string of the molecule is C[C@@H](NC(=O)c1nn(-c2ccc(Cl)cc2Cl)c2c1COCC2=Cc1cccs1)C1CCCCC1. The second kappa shape index (κ2) is 10.2. The lowest BCUT2D eigenvalue weighted by Crippen LogP contribution is -2.39. The Kier molecular flexibility index (Phi) is 7.11. The monoisotopic (exact) mass is 515 g/mol. The van der Waals surface area contributed by atoms with E-state index in [0.717, 1.165) is 34.5 Å². The van der Waals surface area contributed by atoms with Gasteiger partial charge in [-0.2, -0.15) is 5.10 Å². The predicted molar refractivity (Wildman–Crippen MR) is 139 cm³/mol. The number of hydrogen-bond acceptors (Lipinski definition) is 4. The van der Waals surface area contributed by atoms with Gasteiger partial charge in [0.1, 0.15) is 0 Å². The van der Waals surface area contributed by atoms with Crippen LogP contribution in [0.5, 0.6) is 0 Å². The average Bonchev–Trinajstić information content (AvgIpc) is 3.48. The third-order valence-corrected chi connectivity index (χ3v) is 8.08. The van der Waals surface area contributed by atoms with Crippen LogP contribution in [0.1, 0.15) is 65.7 Å². The van der Waals surface area contributed by atoms with Gasteiger partial charge >= 0.3 is 0 Å². The Balaban J connectivity index is 1.57. The number of amides is 1. The fourth-order valence-electron chi connectivity index (χ4n) is 4.94. The van der Waals surface area contributed by atoms with Gasteiger partial charge in [-0.05, 0) is 61.4 Å². The molecule has 2 aromatic heterocycles. The first-order chi connectivity index (χ1) is 16.5. The molecule has 3 heterocycles. The summed E-state index contributed by atoms with van der Waals surface area (Å²) in [6.45, 7) is 2.86. The van der Waals surface area contributed by atoms with Crippen molar-refractivity contribution in [2.45, 2.75) is 51.7 Å². The first-order valence-corrected chi connectivity index (χ1v) is 13.3. The van der Waals surface area contributed by atoms with Crippen LogP contribution in [0.4, 0.5) is 0 Å². The van der Waals surface area contributed by atoms with E-state index in [0.29, 0.717) is 40.6 Å². The number of ether oxygens (including phenoxy) is 1. The number of benzene rings is 1. The molecule has 0 unspecified atom stereocenters. The third-order valence-electron chi connectivity index (χ3n) is 6.72. The van der Waals surface area contributed by atoms with Crippen LogP contribution in [-0.2, 0) is 11.3 Å². The van der Waals surface area contributed by atoms with Crippen LogP contribution in [0.25, 0.3) is 17.3 Å². The van der Waals surface area contributed by atoms with Crippen LogP contribution in [0, 0.1) is 5.92 Å². The Labute approximate surface area is 213 Å². The molecule has 5 rings (SSSR count). The molecule has 3 aromatic rings. The molecule has 34 heavy (non-hydrogen) atoms. The zero-order chi connectivity index (χ0) is 23.7. The molecule has 1 aromatic carbocycles. The molecule has 2 aliphatic rings. The van der Waals surface area contributed by atoms with Crippen LogP contribution in [-0.4, -0.2) is 28.3 Å². The quantitative estimate of drug-likeness (QED) is 0.397. The Bertz CT molecular complexity index is 1210. The molecule has 8 heteroatoms. The van der Waals surface area contributed by atoms with Crippen LogP contribution in [0.2, 0.25) is 10.0 Å². The number of carbonyl (C=O) groups is 1. The van der Waals surface area contributed by atoms with Crippen LogP contribution >= 0.6 is 34.5 Å². The van der Waals surface area contributed by atoms with Crippen molar-refractivity contribution in [1.82, 2.24) is 15.1 Å². The number of thiophene rings is 1. The molecule has 1 aliphatic carbocycles. The van der Waals surface area contributed by atoms with Crippen molar-refractivity contribution in [3.05, 3.63) is 67.6 Å². The van der Waals surface area contributed by atoms with Crippen molar-refractivity contribution in [2.24, 2.45) is 5.92 Å². The molecule has 0 saturated heterocycles. The second-order valence-electron chi connectivity index (χ2n) is 9.02. The average molecular weight is 516 g/mol. The van der Waals surface area contributed by atoms with Crippen LogP contribution < -0.4 is 5.32 Å². The molecule has 0 spiro atoms. The minimum absolute atomic E-state index is 0.0957. The van der Waals surface area contributed by atoms with E-state index in [9.17, 15) is 4.79 Å². The number of halogens is 2. The molecular formula is C26H27Cl2N3O2S. The highest BCUT2D eigenvalue weighted by atomic mass is 35.5. The summed E-state index contributed by atoms with van der Waals surface area (Å²) in [6, 6.07) is 9.48. The fraction of sp³-hybridized carbons (Fsp3) is 0.385. The van der Waals surface area contributed by atoms with Crippen molar-refractivity contribution < 1.29 is 9.53 Å². The minimum atomic E-state index is -0.167. The van der Waals surface area contributed by atoms with E-state index < -0.39 is 0 Å². The molecule has 1 atom stereocenters. The van der Waals surface area contributed by atoms with Gasteiger partial charge < -0.3 is 10.1 Å². The van der Waals surface area contributed by atoms with Gasteiger partial charge in [0.25, 0.3) is 5.91 Å². The van der Waals surface area contributed by atoms with Crippen molar-refractivity contribution in [1.29, 1.82) is 0 Å². The van der Waals surface area contributed by atoms with Gasteiger partial charge in [-0.15, -0.1) is 11.3 Å². The first kappa shape index (κ1) is 23.6. The van der Waals surface area contributed by atoms with Gasteiger partial charge in [-0.1, -0.05) is 48.5 Å². The summed E-state index contributed by atoms with van der Waals surface area (Å²) in [7, 11) is 0. The van der Waals surface area contributed by atoms with E-state index >= 15 is 0 Å². The van der Waals surface area contributed by atoms with Crippen molar-refractivity contribution >= 4 is 52.1 Å². The maximum atomic E-state index is 13.5. The lowest BCUT2D eigenvalue weighted by molar-refractivity contribution is 0.0906. The zero-order valence-corrected chi connectivity index (χ0v) is 21.3. The van der Waals surface area contributed by atoms with E-state index in [2.05, 4.69) is 24.4 Å². The third kappa shape index (κ3) is 4.82. The molecule has 1 N–H and O–H groups in total. The van der Waals surface area contributed by atoms with Crippen LogP contribution in [0.15, 0.2) is 35.7 Å². The highest BCUT2D eigenvalue weighted by Gasteiger charge is 2.31. The van der Waals surface area contributed by atoms with Crippen LogP contribution in [0.3, 0.4) is 0 Å². The number of rotatable bonds is 5. The number of nitrogens with zero attached hydrogens (tertiary/aromatic N) is 2. The Morgan fingerprint density at radius 2 is 2.06 bits per heavy atom. The number of fused-ring (bicyclic) bond motifs is 1. The lowest BCUT2D eigenvalue weighted by Gasteiger charge is -2.28. The summed E-state index contributed by atoms with van der Waals surface area (Å²) in [6.07, 6.45) is 8.16. The van der Waals surface area contributed by atoms with E-state index in [1.54, 1.807) is 28.2 Å². The molecule has 1 fully saturated rings. The minimum Gasteiger partial charge on any atom is -0.372 e. The predicted octanol–water partition coefficient (Wildman–Crippen LogP) is 7.01. The van der Waals surface area contributed by atoms with Gasteiger partial charge in [-0.25, -0.2) is 4.68 Å². The summed E-state index contributed by atoms with van der Waals surface area (Å²) < 4.78 is 7.69. The largest absolute Gasteiger partial charge is 0.372 e. The Morgan fingerprint density at radius 3 is 2.79 bits per heavy atom. The van der Waals surface area contributed by atoms with E-state index in [1.165, 1.54) is 19.3 Å². The molecule has 1 amide bonds. The molecule has 178 valence electrons. The van der Waals surface area contributed by atoms with Crippen molar-refractivity contribution in [3.8, 4) is 5.69 Å². The Morgan fingerprint density at radius 1 is 1.24 bits per heavy atom. The molecule has 0 bridgehead atoms. The van der Waals surface area contributed by atoms with Crippen molar-refractivity contribution in [2.75, 3.05) is 6.61 Å². The number of carbonyl (C=O) groups excluding carboxylic acids is 1. The summed E-state index contributed by atoms with van der Waals surface area (Å²) in [5, 5.41) is 11.1. The Hall–Kier alpha value is -2.12. The van der Waals surface area contributed by atoms with Gasteiger partial charge in [0.05, 0.1) is 29.6 Å². The standard InChI is InChI=1S/C26H27Cl2N3O2S/c1-16(17-6-3-2-4-7-17)29-26(32)24-21-15-33-14-18(12-20-8-5-11-34-20)25(21)31(30-24)23-10-9-19(27)13-22(23)28/h5,8-13,16-17H,2-4,6-7,14-15H2,1H3,(H,29,32)/t16-/m1/s1. The lowest BCUT2D eigenvalue weighted by atomic mass is 9.84. The van der Waals surface area contributed by atoms with E-state index in [-0.39, 0.29) is 11.9 Å². The fourth-order valence-corrected chi connectivity index (χ4v) is 6.11. The van der Waals surface area contributed by atoms with E-state index in [1.807, 2.05) is 17.5 Å². The zero-order valence-electron chi connectivity index (χ0n) is 19.0. The molecule has 0 radical (unpaired) electrons. The molecular weight excluding hydrogens is 489 g/mol. The number of nitrogens with one attached hydrogen (secondary N) is 1. The van der Waals surface area contributed by atoms with Gasteiger partial charge in [0.2, 0.25) is 0 Å². The molecule has 5 nitrogen and oxygen atoms in total. The number of hydrogen-bond donors (Lipinski definition) is 1. The summed E-state index contributed by atoms with van der Waals surface area (Å²) in [5.74, 6) is 0.339. The van der Waals surface area contributed by atoms with Crippen molar-refractivity contribution in [3.63, 3.8) is 0 Å². The highest BCUT2D eigenvalue weighted by molar-refractivity contribution is 7.10. The van der Waals surface area contributed by atoms with E-state index in [4.69, 9.17) is 33.0 Å². The van der Waals surface area contributed by atoms with Gasteiger partial charge in [0.15, 0.2) is 5.69 Å². The maximum absolute atomic E-state index is 13.5. The smallest absolute Gasteiger partial charge is 0.272 e. The summed E-state index contributed by atoms with van der Waals surface area (Å²) in [4.78, 5) is 14.6.